The Morgan fingerprint density at radius 2 is 2.24 bits per heavy atom. The Hall–Kier alpha value is -0.480. The van der Waals surface area contributed by atoms with E-state index in [1.165, 1.54) is 0 Å². The number of hydrogen-bond donors (Lipinski definition) is 0. The fourth-order valence-corrected chi connectivity index (χ4v) is 3.07. The summed E-state index contributed by atoms with van der Waals surface area (Å²) in [7, 11) is 0. The van der Waals surface area contributed by atoms with E-state index in [0.717, 1.165) is 30.5 Å². The number of hydrogen-bond acceptors (Lipinski definition) is 4. The molecule has 17 heavy (non-hydrogen) atoms. The minimum Gasteiger partial charge on any atom is -0.355 e. The quantitative estimate of drug-likeness (QED) is 0.773. The zero-order chi connectivity index (χ0) is 12.4. The molecule has 2 rings (SSSR count). The highest BCUT2D eigenvalue weighted by Crippen LogP contribution is 2.25. The van der Waals surface area contributed by atoms with Crippen LogP contribution in [0, 0.1) is 0 Å². The van der Waals surface area contributed by atoms with Crippen molar-refractivity contribution in [2.24, 2.45) is 0 Å². The number of nitrogens with zero attached hydrogens (tertiary/aromatic N) is 3. The second-order valence-corrected chi connectivity index (χ2v) is 6.62. The molecule has 1 aliphatic rings. The van der Waals surface area contributed by atoms with E-state index in [9.17, 15) is 0 Å². The van der Waals surface area contributed by atoms with Gasteiger partial charge in [-0.25, -0.2) is 9.97 Å². The molecule has 0 aromatic carbocycles. The Morgan fingerprint density at radius 3 is 2.88 bits per heavy atom. The minimum atomic E-state index is 0.309. The van der Waals surface area contributed by atoms with Crippen molar-refractivity contribution in [2.75, 3.05) is 23.7 Å². The van der Waals surface area contributed by atoms with E-state index in [-0.39, 0.29) is 0 Å². The highest BCUT2D eigenvalue weighted by atomic mass is 35.5. The lowest BCUT2D eigenvalue weighted by Gasteiger charge is -2.31. The van der Waals surface area contributed by atoms with Gasteiger partial charge in [0.05, 0.1) is 0 Å². The van der Waals surface area contributed by atoms with Gasteiger partial charge in [0.15, 0.2) is 0 Å². The predicted octanol–water partition coefficient (Wildman–Crippen LogP) is 3.20. The van der Waals surface area contributed by atoms with Crippen LogP contribution < -0.4 is 4.90 Å². The van der Waals surface area contributed by atoms with Gasteiger partial charge in [0, 0.05) is 36.1 Å². The van der Waals surface area contributed by atoms with Crippen molar-refractivity contribution < 1.29 is 0 Å². The second-order valence-electron chi connectivity index (χ2n) is 4.69. The first kappa shape index (κ1) is 13.0. The molecule has 1 atom stereocenters. The van der Waals surface area contributed by atoms with E-state index in [2.05, 4.69) is 35.6 Å². The summed E-state index contributed by atoms with van der Waals surface area (Å²) in [5, 5.41) is 1.20. The minimum absolute atomic E-state index is 0.309. The molecule has 5 heteroatoms. The van der Waals surface area contributed by atoms with Gasteiger partial charge in [-0.15, -0.1) is 0 Å². The number of anilines is 1. The van der Waals surface area contributed by atoms with Crippen LogP contribution >= 0.6 is 23.4 Å². The van der Waals surface area contributed by atoms with Crippen LogP contribution in [0.5, 0.6) is 0 Å². The molecule has 2 heterocycles. The highest BCUT2D eigenvalue weighted by molar-refractivity contribution is 8.00. The molecule has 3 nitrogen and oxygen atoms in total. The Kier molecular flexibility index (Phi) is 4.15. The van der Waals surface area contributed by atoms with Gasteiger partial charge in [-0.1, -0.05) is 32.4 Å². The molecule has 0 spiro atoms. The van der Waals surface area contributed by atoms with Gasteiger partial charge in [0.1, 0.15) is 16.8 Å². The van der Waals surface area contributed by atoms with Crippen molar-refractivity contribution in [1.29, 1.82) is 0 Å². The van der Waals surface area contributed by atoms with Gasteiger partial charge in [0.25, 0.3) is 0 Å². The van der Waals surface area contributed by atoms with Crippen LogP contribution in [0.2, 0.25) is 5.15 Å². The van der Waals surface area contributed by atoms with Gasteiger partial charge < -0.3 is 4.90 Å². The molecule has 1 saturated heterocycles. The van der Waals surface area contributed by atoms with Crippen molar-refractivity contribution in [3.8, 4) is 0 Å². The Balaban J connectivity index is 2.25. The monoisotopic (exact) mass is 271 g/mol. The molecule has 0 radical (unpaired) electrons. The van der Waals surface area contributed by atoms with E-state index in [0.29, 0.717) is 16.3 Å². The zero-order valence-corrected chi connectivity index (χ0v) is 12.1. The smallest absolute Gasteiger partial charge is 0.135 e. The lowest BCUT2D eigenvalue weighted by molar-refractivity contribution is 0.734. The van der Waals surface area contributed by atoms with Crippen LogP contribution in [-0.2, 0) is 0 Å². The standard InChI is InChI=1S/C12H18ClN3S/c1-8(2)12-14-10(13)6-11(15-12)16-4-5-17-9(3)7-16/h6,8-9H,4-5,7H2,1-3H3. The Morgan fingerprint density at radius 1 is 1.47 bits per heavy atom. The molecule has 1 aromatic heterocycles. The molecule has 0 aliphatic carbocycles. The lowest BCUT2D eigenvalue weighted by atomic mass is 10.2. The first-order valence-corrected chi connectivity index (χ1v) is 7.40. The van der Waals surface area contributed by atoms with Gasteiger partial charge in [-0.05, 0) is 0 Å². The summed E-state index contributed by atoms with van der Waals surface area (Å²) in [6.45, 7) is 8.51. The van der Waals surface area contributed by atoms with Gasteiger partial charge >= 0.3 is 0 Å². The molecule has 0 N–H and O–H groups in total. The van der Waals surface area contributed by atoms with Crippen molar-refractivity contribution in [3.63, 3.8) is 0 Å². The van der Waals surface area contributed by atoms with Crippen LogP contribution in [0.4, 0.5) is 5.82 Å². The number of thioether (sulfide) groups is 1. The van der Waals surface area contributed by atoms with Crippen molar-refractivity contribution in [3.05, 3.63) is 17.0 Å². The highest BCUT2D eigenvalue weighted by Gasteiger charge is 2.19. The molecule has 94 valence electrons. The average molecular weight is 272 g/mol. The summed E-state index contributed by atoms with van der Waals surface area (Å²) in [6.07, 6.45) is 0. The molecular formula is C12H18ClN3S. The van der Waals surface area contributed by atoms with Crippen LogP contribution in [0.3, 0.4) is 0 Å². The van der Waals surface area contributed by atoms with Crippen LogP contribution in [-0.4, -0.2) is 34.1 Å². The average Bonchev–Trinajstić information content (AvgIpc) is 2.28. The van der Waals surface area contributed by atoms with E-state index in [4.69, 9.17) is 11.6 Å². The third-order valence-electron chi connectivity index (χ3n) is 2.78. The molecule has 1 aromatic rings. The summed E-state index contributed by atoms with van der Waals surface area (Å²) in [5.41, 5.74) is 0. The molecule has 1 fully saturated rings. The molecule has 0 bridgehead atoms. The molecular weight excluding hydrogens is 254 g/mol. The van der Waals surface area contributed by atoms with Gasteiger partial charge in [-0.2, -0.15) is 11.8 Å². The summed E-state index contributed by atoms with van der Waals surface area (Å²) in [5.74, 6) is 3.27. The number of halogens is 1. The maximum atomic E-state index is 6.07. The maximum absolute atomic E-state index is 6.07. The third-order valence-corrected chi connectivity index (χ3v) is 4.11. The van der Waals surface area contributed by atoms with E-state index >= 15 is 0 Å². The molecule has 1 unspecified atom stereocenters. The van der Waals surface area contributed by atoms with Gasteiger partial charge in [0.2, 0.25) is 0 Å². The van der Waals surface area contributed by atoms with Crippen LogP contribution in [0.25, 0.3) is 0 Å². The van der Waals surface area contributed by atoms with E-state index < -0.39 is 0 Å². The Labute approximate surface area is 112 Å². The third kappa shape index (κ3) is 3.26. The van der Waals surface area contributed by atoms with E-state index in [1.807, 2.05) is 17.8 Å². The maximum Gasteiger partial charge on any atom is 0.135 e. The van der Waals surface area contributed by atoms with Crippen LogP contribution in [0.1, 0.15) is 32.5 Å². The number of rotatable bonds is 2. The summed E-state index contributed by atoms with van der Waals surface area (Å²) in [4.78, 5) is 11.2. The molecule has 0 saturated carbocycles. The first-order valence-electron chi connectivity index (χ1n) is 5.97. The lowest BCUT2D eigenvalue weighted by Crippen LogP contribution is -2.37. The SMILES string of the molecule is CC1CN(c2cc(Cl)nc(C(C)C)n2)CCS1. The first-order chi connectivity index (χ1) is 8.06. The fraction of sp³-hybridized carbons (Fsp3) is 0.667. The van der Waals surface area contributed by atoms with Crippen molar-refractivity contribution >= 4 is 29.2 Å². The van der Waals surface area contributed by atoms with Crippen molar-refractivity contribution in [2.45, 2.75) is 31.9 Å². The predicted molar refractivity (Wildman–Crippen MR) is 75.3 cm³/mol. The molecule has 1 aliphatic heterocycles. The normalized spacial score (nSPS) is 21.0. The largest absolute Gasteiger partial charge is 0.355 e. The van der Waals surface area contributed by atoms with E-state index in [1.54, 1.807) is 0 Å². The topological polar surface area (TPSA) is 29.0 Å². The fourth-order valence-electron chi connectivity index (χ4n) is 1.87. The number of aromatic nitrogens is 2. The summed E-state index contributed by atoms with van der Waals surface area (Å²) >= 11 is 8.08. The van der Waals surface area contributed by atoms with Crippen molar-refractivity contribution in [1.82, 2.24) is 9.97 Å². The van der Waals surface area contributed by atoms with Crippen LogP contribution in [0.15, 0.2) is 6.07 Å². The molecule has 0 amide bonds. The summed E-state index contributed by atoms with van der Waals surface area (Å²) < 4.78 is 0. The van der Waals surface area contributed by atoms with Gasteiger partial charge in [-0.3, -0.25) is 0 Å². The second kappa shape index (κ2) is 5.44. The Bertz CT molecular complexity index is 397. The zero-order valence-electron chi connectivity index (χ0n) is 10.5. The summed E-state index contributed by atoms with van der Waals surface area (Å²) in [6, 6.07) is 1.87.